The zero-order chi connectivity index (χ0) is 14.9. The molecule has 120 valence electrons. The molecule has 1 amide bonds. The molecule has 0 radical (unpaired) electrons. The summed E-state index contributed by atoms with van der Waals surface area (Å²) in [7, 11) is 3.80. The molecule has 0 aromatic heterocycles. The molecule has 5 nitrogen and oxygen atoms in total. The van der Waals surface area contributed by atoms with Gasteiger partial charge >= 0.3 is 0 Å². The molecule has 20 heavy (non-hydrogen) atoms. The molecule has 0 saturated carbocycles. The molecule has 6 heteroatoms. The average Bonchev–Trinajstić information content (AvgIpc) is 2.34. The molecule has 0 atom stereocenters. The molecule has 0 heterocycles. The summed E-state index contributed by atoms with van der Waals surface area (Å²) in [6, 6.07) is 0. The van der Waals surface area contributed by atoms with Gasteiger partial charge in [0.05, 0.1) is 0 Å². The van der Waals surface area contributed by atoms with Crippen LogP contribution in [0.5, 0.6) is 0 Å². The number of hydrogen-bond acceptors (Lipinski definition) is 2. The van der Waals surface area contributed by atoms with Gasteiger partial charge < -0.3 is 15.5 Å². The Morgan fingerprint density at radius 3 is 2.20 bits per heavy atom. The Labute approximate surface area is 141 Å². The van der Waals surface area contributed by atoms with E-state index in [4.69, 9.17) is 0 Å². The largest absolute Gasteiger partial charge is 0.354 e. The Bertz CT molecular complexity index is 300. The normalized spacial score (nSPS) is 11.6. The lowest BCUT2D eigenvalue weighted by Gasteiger charge is -2.22. The smallest absolute Gasteiger partial charge is 0.225 e. The number of hydrogen-bond donors (Lipinski definition) is 2. The van der Waals surface area contributed by atoms with Crippen LogP contribution in [0.25, 0.3) is 0 Å². The van der Waals surface area contributed by atoms with E-state index >= 15 is 0 Å². The summed E-state index contributed by atoms with van der Waals surface area (Å²) in [4.78, 5) is 18.0. The number of guanidine groups is 1. The molecular formula is C14H31IN4O. The fourth-order valence-corrected chi connectivity index (χ4v) is 1.50. The quantitative estimate of drug-likeness (QED) is 0.312. The summed E-state index contributed by atoms with van der Waals surface area (Å²) in [5.74, 6) is 0.946. The molecule has 0 aromatic rings. The highest BCUT2D eigenvalue weighted by atomic mass is 127. The standard InChI is InChI=1S/C14H30N4O.HI/c1-7-8-11-18(6)13(15-5)17-10-9-16-12(19)14(2,3)4;/h7-11H2,1-6H3,(H,15,17)(H,16,19);1H. The highest BCUT2D eigenvalue weighted by Crippen LogP contribution is 2.11. The van der Waals surface area contributed by atoms with Gasteiger partial charge in [-0.3, -0.25) is 9.79 Å². The first kappa shape index (κ1) is 21.8. The Balaban J connectivity index is 0. The maximum absolute atomic E-state index is 11.7. The van der Waals surface area contributed by atoms with Crippen LogP contribution in [0, 0.1) is 5.41 Å². The number of carbonyl (C=O) groups is 1. The summed E-state index contributed by atoms with van der Waals surface area (Å²) in [5.41, 5.74) is -0.334. The van der Waals surface area contributed by atoms with E-state index in [1.807, 2.05) is 27.8 Å². The second-order valence-electron chi connectivity index (χ2n) is 5.75. The van der Waals surface area contributed by atoms with Crippen LogP contribution in [-0.2, 0) is 4.79 Å². The van der Waals surface area contributed by atoms with Crippen LogP contribution in [0.15, 0.2) is 4.99 Å². The number of nitrogens with one attached hydrogen (secondary N) is 2. The average molecular weight is 398 g/mol. The number of unbranched alkanes of at least 4 members (excludes halogenated alkanes) is 1. The van der Waals surface area contributed by atoms with E-state index in [-0.39, 0.29) is 35.3 Å². The first-order valence-electron chi connectivity index (χ1n) is 7.03. The zero-order valence-corrected chi connectivity index (χ0v) is 16.1. The lowest BCUT2D eigenvalue weighted by atomic mass is 9.96. The molecule has 0 bridgehead atoms. The predicted octanol–water partition coefficient (Wildman–Crippen LogP) is 2.07. The number of amides is 1. The number of nitrogens with zero attached hydrogens (tertiary/aromatic N) is 2. The third kappa shape index (κ3) is 9.39. The summed E-state index contributed by atoms with van der Waals surface area (Å²) in [6.45, 7) is 10.2. The minimum Gasteiger partial charge on any atom is -0.354 e. The van der Waals surface area contributed by atoms with Crippen LogP contribution in [0.4, 0.5) is 0 Å². The molecule has 0 saturated heterocycles. The molecule has 0 rings (SSSR count). The molecule has 0 aliphatic carbocycles. The first-order chi connectivity index (χ1) is 8.82. The highest BCUT2D eigenvalue weighted by Gasteiger charge is 2.20. The van der Waals surface area contributed by atoms with Crippen molar-refractivity contribution >= 4 is 35.8 Å². The van der Waals surface area contributed by atoms with Gasteiger partial charge in [0, 0.05) is 39.1 Å². The van der Waals surface area contributed by atoms with Crippen LogP contribution in [-0.4, -0.2) is 50.5 Å². The lowest BCUT2D eigenvalue weighted by molar-refractivity contribution is -0.128. The maximum Gasteiger partial charge on any atom is 0.225 e. The molecular weight excluding hydrogens is 367 g/mol. The van der Waals surface area contributed by atoms with Crippen molar-refractivity contribution in [3.05, 3.63) is 0 Å². The minimum absolute atomic E-state index is 0. The first-order valence-corrected chi connectivity index (χ1v) is 7.03. The second-order valence-corrected chi connectivity index (χ2v) is 5.75. The summed E-state index contributed by atoms with van der Waals surface area (Å²) < 4.78 is 0. The maximum atomic E-state index is 11.7. The van der Waals surface area contributed by atoms with Crippen LogP contribution in [0.3, 0.4) is 0 Å². The van der Waals surface area contributed by atoms with Crippen molar-refractivity contribution in [2.75, 3.05) is 33.7 Å². The molecule has 0 fully saturated rings. The van der Waals surface area contributed by atoms with Crippen LogP contribution in [0.1, 0.15) is 40.5 Å². The minimum atomic E-state index is -0.334. The Kier molecular flexibility index (Phi) is 12.1. The van der Waals surface area contributed by atoms with Gasteiger partial charge in [-0.2, -0.15) is 0 Å². The fraction of sp³-hybridized carbons (Fsp3) is 0.857. The monoisotopic (exact) mass is 398 g/mol. The van der Waals surface area contributed by atoms with Crippen molar-refractivity contribution < 1.29 is 4.79 Å². The SMILES string of the molecule is CCCCN(C)C(=NC)NCCNC(=O)C(C)(C)C.I. The Morgan fingerprint density at radius 2 is 1.75 bits per heavy atom. The van der Waals surface area contributed by atoms with E-state index < -0.39 is 0 Å². The lowest BCUT2D eigenvalue weighted by Crippen LogP contribution is -2.44. The fourth-order valence-electron chi connectivity index (χ4n) is 1.50. The van der Waals surface area contributed by atoms with E-state index in [9.17, 15) is 4.79 Å². The van der Waals surface area contributed by atoms with Crippen molar-refractivity contribution in [3.8, 4) is 0 Å². The van der Waals surface area contributed by atoms with Gasteiger partial charge in [-0.1, -0.05) is 34.1 Å². The van der Waals surface area contributed by atoms with Crippen LogP contribution < -0.4 is 10.6 Å². The molecule has 0 unspecified atom stereocenters. The van der Waals surface area contributed by atoms with Gasteiger partial charge in [0.15, 0.2) is 5.96 Å². The van der Waals surface area contributed by atoms with E-state index in [0.29, 0.717) is 13.1 Å². The topological polar surface area (TPSA) is 56.7 Å². The van der Waals surface area contributed by atoms with Gasteiger partial charge in [-0.05, 0) is 6.42 Å². The van der Waals surface area contributed by atoms with E-state index in [1.165, 1.54) is 6.42 Å². The molecule has 0 aromatic carbocycles. The predicted molar refractivity (Wildman–Crippen MR) is 96.8 cm³/mol. The zero-order valence-electron chi connectivity index (χ0n) is 13.7. The molecule has 2 N–H and O–H groups in total. The van der Waals surface area contributed by atoms with E-state index in [2.05, 4.69) is 27.4 Å². The van der Waals surface area contributed by atoms with Gasteiger partial charge in [0.2, 0.25) is 5.91 Å². The Hall–Kier alpha value is -0.530. The third-order valence-electron chi connectivity index (χ3n) is 2.80. The molecule has 0 spiro atoms. The Morgan fingerprint density at radius 1 is 1.20 bits per heavy atom. The van der Waals surface area contributed by atoms with Gasteiger partial charge in [0.25, 0.3) is 0 Å². The number of carbonyl (C=O) groups excluding carboxylic acids is 1. The van der Waals surface area contributed by atoms with Crippen molar-refractivity contribution in [2.24, 2.45) is 10.4 Å². The second kappa shape index (κ2) is 11.2. The molecule has 0 aliphatic heterocycles. The van der Waals surface area contributed by atoms with Crippen molar-refractivity contribution in [3.63, 3.8) is 0 Å². The van der Waals surface area contributed by atoms with E-state index in [0.717, 1.165) is 18.9 Å². The van der Waals surface area contributed by atoms with Gasteiger partial charge in [-0.15, -0.1) is 24.0 Å². The number of aliphatic imine (C=N–C) groups is 1. The third-order valence-corrected chi connectivity index (χ3v) is 2.80. The van der Waals surface area contributed by atoms with Gasteiger partial charge in [0.1, 0.15) is 0 Å². The summed E-state index contributed by atoms with van der Waals surface area (Å²) >= 11 is 0. The van der Waals surface area contributed by atoms with E-state index in [1.54, 1.807) is 7.05 Å². The number of rotatable bonds is 6. The van der Waals surface area contributed by atoms with Crippen molar-refractivity contribution in [2.45, 2.75) is 40.5 Å². The summed E-state index contributed by atoms with van der Waals surface area (Å²) in [5, 5.41) is 6.16. The highest BCUT2D eigenvalue weighted by molar-refractivity contribution is 14.0. The van der Waals surface area contributed by atoms with Gasteiger partial charge in [-0.25, -0.2) is 0 Å². The van der Waals surface area contributed by atoms with Crippen LogP contribution >= 0.6 is 24.0 Å². The number of halogens is 1. The summed E-state index contributed by atoms with van der Waals surface area (Å²) in [6.07, 6.45) is 2.32. The molecule has 0 aliphatic rings. The van der Waals surface area contributed by atoms with Crippen molar-refractivity contribution in [1.82, 2.24) is 15.5 Å². The van der Waals surface area contributed by atoms with Crippen LogP contribution in [0.2, 0.25) is 0 Å². The van der Waals surface area contributed by atoms with Crippen molar-refractivity contribution in [1.29, 1.82) is 0 Å².